The summed E-state index contributed by atoms with van der Waals surface area (Å²) in [7, 11) is 0. The second-order valence-corrected chi connectivity index (χ2v) is 5.48. The highest BCUT2D eigenvalue weighted by atomic mass is 17.0. The highest BCUT2D eigenvalue weighted by Crippen LogP contribution is 2.19. The van der Waals surface area contributed by atoms with Crippen LogP contribution in [0.3, 0.4) is 0 Å². The van der Waals surface area contributed by atoms with E-state index < -0.39 is 6.16 Å². The number of hydrogen-bond acceptors (Lipinski definition) is 4. The lowest BCUT2D eigenvalue weighted by molar-refractivity contribution is -0.497. The van der Waals surface area contributed by atoms with Gasteiger partial charge in [-0.1, -0.05) is 57.2 Å². The van der Waals surface area contributed by atoms with Crippen molar-refractivity contribution in [1.29, 1.82) is 0 Å². The molecule has 0 unspecified atom stereocenters. The quantitative estimate of drug-likeness (QED) is 0.189. The SMILES string of the molecule is CCC=CCCOC(OCC)(OCCC=CCC)OCCC=CCC. The zero-order chi connectivity index (χ0) is 18.6. The van der Waals surface area contributed by atoms with E-state index in [4.69, 9.17) is 18.9 Å². The van der Waals surface area contributed by atoms with Gasteiger partial charge in [-0.3, -0.25) is 0 Å². The molecule has 4 nitrogen and oxygen atoms in total. The van der Waals surface area contributed by atoms with Gasteiger partial charge in [0.15, 0.2) is 0 Å². The first-order chi connectivity index (χ1) is 12.2. The van der Waals surface area contributed by atoms with Crippen LogP contribution in [0.15, 0.2) is 36.5 Å². The topological polar surface area (TPSA) is 36.9 Å². The van der Waals surface area contributed by atoms with Gasteiger partial charge in [-0.2, -0.15) is 0 Å². The molecule has 0 fully saturated rings. The first-order valence-corrected chi connectivity index (χ1v) is 9.75. The summed E-state index contributed by atoms with van der Waals surface area (Å²) >= 11 is 0. The molecule has 0 N–H and O–H groups in total. The fraction of sp³-hybridized carbons (Fsp3) is 0.714. The van der Waals surface area contributed by atoms with E-state index in [9.17, 15) is 0 Å². The van der Waals surface area contributed by atoms with Gasteiger partial charge in [-0.05, 0) is 45.4 Å². The van der Waals surface area contributed by atoms with E-state index in [0.29, 0.717) is 26.4 Å². The molecule has 146 valence electrons. The van der Waals surface area contributed by atoms with E-state index in [0.717, 1.165) is 38.5 Å². The average molecular weight is 355 g/mol. The molecule has 0 spiro atoms. The van der Waals surface area contributed by atoms with Gasteiger partial charge in [-0.15, -0.1) is 0 Å². The van der Waals surface area contributed by atoms with Crippen LogP contribution in [0.2, 0.25) is 0 Å². The van der Waals surface area contributed by atoms with E-state index in [1.807, 2.05) is 6.92 Å². The minimum atomic E-state index is -1.41. The first-order valence-electron chi connectivity index (χ1n) is 9.75. The predicted octanol–water partition coefficient (Wildman–Crippen LogP) is 5.75. The normalized spacial score (nSPS) is 14.9. The van der Waals surface area contributed by atoms with Crippen molar-refractivity contribution < 1.29 is 18.9 Å². The Kier molecular flexibility index (Phi) is 17.2. The summed E-state index contributed by atoms with van der Waals surface area (Å²) in [5.74, 6) is 0. The third kappa shape index (κ3) is 14.0. The maximum Gasteiger partial charge on any atom is 0.412 e. The van der Waals surface area contributed by atoms with Crippen LogP contribution in [-0.2, 0) is 18.9 Å². The molecule has 0 aliphatic carbocycles. The molecular formula is C21H38O4. The van der Waals surface area contributed by atoms with Crippen molar-refractivity contribution in [3.05, 3.63) is 36.5 Å². The Morgan fingerprint density at radius 1 is 0.520 bits per heavy atom. The van der Waals surface area contributed by atoms with E-state index in [-0.39, 0.29) is 0 Å². The number of ether oxygens (including phenoxy) is 4. The lowest BCUT2D eigenvalue weighted by Gasteiger charge is -2.31. The molecule has 0 aromatic heterocycles. The van der Waals surface area contributed by atoms with Crippen molar-refractivity contribution in [2.24, 2.45) is 0 Å². The lowest BCUT2D eigenvalue weighted by Crippen LogP contribution is -2.43. The minimum Gasteiger partial charge on any atom is -0.304 e. The third-order valence-corrected chi connectivity index (χ3v) is 3.22. The molecule has 0 saturated carbocycles. The van der Waals surface area contributed by atoms with Crippen molar-refractivity contribution in [3.8, 4) is 0 Å². The van der Waals surface area contributed by atoms with Gasteiger partial charge < -0.3 is 18.9 Å². The summed E-state index contributed by atoms with van der Waals surface area (Å²) in [5.41, 5.74) is 0. The van der Waals surface area contributed by atoms with Crippen molar-refractivity contribution in [1.82, 2.24) is 0 Å². The van der Waals surface area contributed by atoms with Gasteiger partial charge in [-0.25, -0.2) is 0 Å². The second-order valence-electron chi connectivity index (χ2n) is 5.48. The van der Waals surface area contributed by atoms with Crippen LogP contribution < -0.4 is 0 Å². The molecule has 0 aromatic rings. The standard InChI is InChI=1S/C21H38O4/c1-5-9-12-15-18-23-21(22-8-4,24-19-16-13-10-6-2)25-20-17-14-11-7-3/h9-14H,5-8,15-20H2,1-4H3. The predicted molar refractivity (Wildman–Crippen MR) is 104 cm³/mol. The van der Waals surface area contributed by atoms with Crippen LogP contribution in [0, 0.1) is 0 Å². The maximum absolute atomic E-state index is 5.86. The number of rotatable bonds is 17. The Morgan fingerprint density at radius 2 is 0.880 bits per heavy atom. The molecular weight excluding hydrogens is 316 g/mol. The molecule has 0 radical (unpaired) electrons. The molecule has 25 heavy (non-hydrogen) atoms. The summed E-state index contributed by atoms with van der Waals surface area (Å²) in [6.45, 7) is 10.2. The Balaban J connectivity index is 4.62. The highest BCUT2D eigenvalue weighted by molar-refractivity contribution is 4.81. The fourth-order valence-corrected chi connectivity index (χ4v) is 2.04. The monoisotopic (exact) mass is 354 g/mol. The maximum atomic E-state index is 5.86. The van der Waals surface area contributed by atoms with Crippen LogP contribution in [-0.4, -0.2) is 32.6 Å². The molecule has 0 amide bonds. The Bertz CT molecular complexity index is 311. The van der Waals surface area contributed by atoms with E-state index >= 15 is 0 Å². The van der Waals surface area contributed by atoms with Gasteiger partial charge >= 0.3 is 6.16 Å². The average Bonchev–Trinajstić information content (AvgIpc) is 2.61. The minimum absolute atomic E-state index is 0.459. The third-order valence-electron chi connectivity index (χ3n) is 3.22. The molecule has 0 saturated heterocycles. The van der Waals surface area contributed by atoms with Gasteiger partial charge in [0.05, 0.1) is 26.4 Å². The lowest BCUT2D eigenvalue weighted by atomic mass is 10.3. The molecule has 0 aliphatic rings. The van der Waals surface area contributed by atoms with Gasteiger partial charge in [0, 0.05) is 0 Å². The summed E-state index contributed by atoms with van der Waals surface area (Å²) < 4.78 is 23.3. The zero-order valence-corrected chi connectivity index (χ0v) is 16.7. The van der Waals surface area contributed by atoms with E-state index in [1.54, 1.807) is 0 Å². The fourth-order valence-electron chi connectivity index (χ4n) is 2.04. The van der Waals surface area contributed by atoms with Crippen molar-refractivity contribution in [2.45, 2.75) is 72.4 Å². The van der Waals surface area contributed by atoms with E-state index in [2.05, 4.69) is 57.2 Å². The Hall–Kier alpha value is -0.940. The van der Waals surface area contributed by atoms with Gasteiger partial charge in [0.2, 0.25) is 0 Å². The van der Waals surface area contributed by atoms with Crippen LogP contribution in [0.25, 0.3) is 0 Å². The van der Waals surface area contributed by atoms with Crippen LogP contribution >= 0.6 is 0 Å². The molecule has 0 bridgehead atoms. The number of hydrogen-bond donors (Lipinski definition) is 0. The Labute approximate surface area is 154 Å². The Morgan fingerprint density at radius 3 is 1.16 bits per heavy atom. The molecule has 0 aromatic carbocycles. The van der Waals surface area contributed by atoms with Crippen LogP contribution in [0.1, 0.15) is 66.2 Å². The summed E-state index contributed by atoms with van der Waals surface area (Å²) in [6, 6.07) is 0. The second kappa shape index (κ2) is 17.9. The van der Waals surface area contributed by atoms with E-state index in [1.165, 1.54) is 0 Å². The largest absolute Gasteiger partial charge is 0.412 e. The molecule has 0 heterocycles. The van der Waals surface area contributed by atoms with Crippen LogP contribution in [0.4, 0.5) is 0 Å². The van der Waals surface area contributed by atoms with Crippen molar-refractivity contribution in [3.63, 3.8) is 0 Å². The summed E-state index contributed by atoms with van der Waals surface area (Å²) in [4.78, 5) is 0. The van der Waals surface area contributed by atoms with Crippen molar-refractivity contribution in [2.75, 3.05) is 26.4 Å². The van der Waals surface area contributed by atoms with Gasteiger partial charge in [0.25, 0.3) is 0 Å². The van der Waals surface area contributed by atoms with Crippen LogP contribution in [0.5, 0.6) is 0 Å². The molecule has 0 rings (SSSR count). The zero-order valence-electron chi connectivity index (χ0n) is 16.7. The highest BCUT2D eigenvalue weighted by Gasteiger charge is 2.34. The molecule has 0 aliphatic heterocycles. The van der Waals surface area contributed by atoms with Crippen molar-refractivity contribution >= 4 is 0 Å². The number of allylic oxidation sites excluding steroid dienone is 3. The first kappa shape index (κ1) is 24.1. The molecule has 4 heteroatoms. The van der Waals surface area contributed by atoms with Gasteiger partial charge in [0.1, 0.15) is 0 Å². The summed E-state index contributed by atoms with van der Waals surface area (Å²) in [6.07, 6.45) is 16.8. The smallest absolute Gasteiger partial charge is 0.304 e. The molecule has 0 atom stereocenters. The summed E-state index contributed by atoms with van der Waals surface area (Å²) in [5, 5.41) is 0.